The molecule has 0 aliphatic rings. The second kappa shape index (κ2) is 7.40. The largest absolute Gasteiger partial charge is 0.478 e. The summed E-state index contributed by atoms with van der Waals surface area (Å²) in [6, 6.07) is 11.6. The number of benzene rings is 2. The van der Waals surface area contributed by atoms with Crippen LogP contribution in [0.1, 0.15) is 26.5 Å². The van der Waals surface area contributed by atoms with Gasteiger partial charge in [0.15, 0.2) is 5.76 Å². The van der Waals surface area contributed by atoms with E-state index in [4.69, 9.17) is 21.1 Å². The zero-order valence-electron chi connectivity index (χ0n) is 13.9. The molecule has 0 unspecified atom stereocenters. The number of para-hydroxylation sites is 1. The highest BCUT2D eigenvalue weighted by Gasteiger charge is 2.33. The van der Waals surface area contributed by atoms with Crippen LogP contribution in [0.15, 0.2) is 59.0 Å². The molecular weight excluding hydrogens is 399 g/mol. The second-order valence-corrected chi connectivity index (χ2v) is 6.07. The third kappa shape index (κ3) is 4.01. The molecule has 1 amide bonds. The lowest BCUT2D eigenvalue weighted by Crippen LogP contribution is -2.14. The van der Waals surface area contributed by atoms with Crippen molar-refractivity contribution < 1.29 is 32.3 Å². The molecule has 3 aromatic rings. The average Bonchev–Trinajstić information content (AvgIpc) is 3.11. The third-order valence-corrected chi connectivity index (χ3v) is 4.12. The average molecular weight is 410 g/mol. The van der Waals surface area contributed by atoms with Gasteiger partial charge >= 0.3 is 12.1 Å². The summed E-state index contributed by atoms with van der Waals surface area (Å²) in [5.74, 6) is -2.14. The Morgan fingerprint density at radius 1 is 1.04 bits per heavy atom. The molecule has 9 heteroatoms. The molecule has 0 saturated heterocycles. The molecule has 0 radical (unpaired) electrons. The molecule has 0 saturated carbocycles. The van der Waals surface area contributed by atoms with Crippen molar-refractivity contribution in [2.24, 2.45) is 0 Å². The summed E-state index contributed by atoms with van der Waals surface area (Å²) < 4.78 is 44.3. The number of carboxylic acid groups (broad SMARTS) is 1. The smallest absolute Gasteiger partial charge is 0.417 e. The predicted molar refractivity (Wildman–Crippen MR) is 95.5 cm³/mol. The van der Waals surface area contributed by atoms with Gasteiger partial charge in [-0.15, -0.1) is 0 Å². The highest BCUT2D eigenvalue weighted by atomic mass is 35.5. The molecule has 1 aromatic heterocycles. The van der Waals surface area contributed by atoms with Gasteiger partial charge in [-0.2, -0.15) is 13.2 Å². The number of hydrogen-bond donors (Lipinski definition) is 2. The van der Waals surface area contributed by atoms with Crippen molar-refractivity contribution in [3.8, 4) is 11.3 Å². The number of furan rings is 1. The van der Waals surface area contributed by atoms with Crippen LogP contribution in [0.3, 0.4) is 0 Å². The minimum absolute atomic E-state index is 0.0267. The van der Waals surface area contributed by atoms with Crippen LogP contribution in [0.4, 0.5) is 18.9 Å². The standard InChI is InChI=1S/C19H11ClF3NO4/c20-13-6-5-10(9-12(13)19(21,22)23)15-7-8-16(28-15)17(25)24-14-4-2-1-3-11(14)18(26)27/h1-9H,(H,24,25)(H,26,27). The Morgan fingerprint density at radius 2 is 1.75 bits per heavy atom. The van der Waals surface area contributed by atoms with Crippen LogP contribution >= 0.6 is 11.6 Å². The molecule has 0 fully saturated rings. The molecule has 5 nitrogen and oxygen atoms in total. The van der Waals surface area contributed by atoms with Gasteiger partial charge < -0.3 is 14.8 Å². The number of carbonyl (C=O) groups excluding carboxylic acids is 1. The van der Waals surface area contributed by atoms with Gasteiger partial charge in [-0.25, -0.2) is 4.79 Å². The molecule has 0 spiro atoms. The Hall–Kier alpha value is -3.26. The summed E-state index contributed by atoms with van der Waals surface area (Å²) in [4.78, 5) is 23.5. The number of amides is 1. The van der Waals surface area contributed by atoms with Crippen molar-refractivity contribution in [1.29, 1.82) is 0 Å². The summed E-state index contributed by atoms with van der Waals surface area (Å²) in [5.41, 5.74) is -0.995. The van der Waals surface area contributed by atoms with E-state index < -0.39 is 28.6 Å². The van der Waals surface area contributed by atoms with Gasteiger partial charge in [0.1, 0.15) is 5.76 Å². The molecule has 144 valence electrons. The van der Waals surface area contributed by atoms with Crippen LogP contribution in [0.5, 0.6) is 0 Å². The molecular formula is C19H11ClF3NO4. The van der Waals surface area contributed by atoms with Crippen molar-refractivity contribution >= 4 is 29.2 Å². The Balaban J connectivity index is 1.87. The molecule has 3 rings (SSSR count). The first-order valence-corrected chi connectivity index (χ1v) is 8.15. The van der Waals surface area contributed by atoms with E-state index >= 15 is 0 Å². The van der Waals surface area contributed by atoms with Crippen LogP contribution in [0.2, 0.25) is 5.02 Å². The number of rotatable bonds is 4. The van der Waals surface area contributed by atoms with Crippen LogP contribution in [0, 0.1) is 0 Å². The van der Waals surface area contributed by atoms with Crippen LogP contribution < -0.4 is 5.32 Å². The quantitative estimate of drug-likeness (QED) is 0.590. The molecule has 2 N–H and O–H groups in total. The molecule has 28 heavy (non-hydrogen) atoms. The van der Waals surface area contributed by atoms with E-state index in [-0.39, 0.29) is 28.3 Å². The predicted octanol–water partition coefficient (Wildman–Crippen LogP) is 5.57. The maximum atomic E-state index is 13.0. The normalized spacial score (nSPS) is 11.3. The number of halogens is 4. The number of nitrogens with one attached hydrogen (secondary N) is 1. The Kier molecular flexibility index (Phi) is 5.15. The van der Waals surface area contributed by atoms with Crippen LogP contribution in [-0.4, -0.2) is 17.0 Å². The van der Waals surface area contributed by atoms with Crippen molar-refractivity contribution in [3.63, 3.8) is 0 Å². The lowest BCUT2D eigenvalue weighted by atomic mass is 10.1. The fourth-order valence-electron chi connectivity index (χ4n) is 2.47. The van der Waals surface area contributed by atoms with Crippen molar-refractivity contribution in [2.75, 3.05) is 5.32 Å². The van der Waals surface area contributed by atoms with Gasteiger partial charge in [0.05, 0.1) is 21.8 Å². The van der Waals surface area contributed by atoms with Gasteiger partial charge in [0.2, 0.25) is 0 Å². The van der Waals surface area contributed by atoms with Gasteiger partial charge in [-0.3, -0.25) is 4.79 Å². The molecule has 0 bridgehead atoms. The minimum atomic E-state index is -4.64. The first kappa shape index (κ1) is 19.5. The SMILES string of the molecule is O=C(Nc1ccccc1C(=O)O)c1ccc(-c2ccc(Cl)c(C(F)(F)F)c2)o1. The van der Waals surface area contributed by atoms with Crippen molar-refractivity contribution in [1.82, 2.24) is 0 Å². The molecule has 0 aliphatic carbocycles. The number of hydrogen-bond acceptors (Lipinski definition) is 3. The topological polar surface area (TPSA) is 79.5 Å². The van der Waals surface area contributed by atoms with E-state index in [0.29, 0.717) is 0 Å². The van der Waals surface area contributed by atoms with Gasteiger partial charge in [0.25, 0.3) is 5.91 Å². The van der Waals surface area contributed by atoms with E-state index in [9.17, 15) is 22.8 Å². The fourth-order valence-corrected chi connectivity index (χ4v) is 2.70. The number of carboxylic acids is 1. The van der Waals surface area contributed by atoms with E-state index in [1.54, 1.807) is 6.07 Å². The van der Waals surface area contributed by atoms with Gasteiger partial charge in [0, 0.05) is 5.56 Å². The van der Waals surface area contributed by atoms with E-state index in [1.807, 2.05) is 0 Å². The van der Waals surface area contributed by atoms with E-state index in [0.717, 1.165) is 12.1 Å². The van der Waals surface area contributed by atoms with E-state index in [1.165, 1.54) is 36.4 Å². The van der Waals surface area contributed by atoms with E-state index in [2.05, 4.69) is 5.32 Å². The number of alkyl halides is 3. The summed E-state index contributed by atoms with van der Waals surface area (Å²) in [6.45, 7) is 0. The highest BCUT2D eigenvalue weighted by Crippen LogP contribution is 2.37. The Morgan fingerprint density at radius 3 is 2.43 bits per heavy atom. The molecule has 0 atom stereocenters. The summed E-state index contributed by atoms with van der Waals surface area (Å²) in [7, 11) is 0. The Bertz CT molecular complexity index is 1060. The number of anilines is 1. The third-order valence-electron chi connectivity index (χ3n) is 3.79. The van der Waals surface area contributed by atoms with Gasteiger partial charge in [-0.05, 0) is 42.5 Å². The maximum absolute atomic E-state index is 13.0. The van der Waals surface area contributed by atoms with Crippen molar-refractivity contribution in [2.45, 2.75) is 6.18 Å². The second-order valence-electron chi connectivity index (χ2n) is 5.66. The lowest BCUT2D eigenvalue weighted by molar-refractivity contribution is -0.137. The molecule has 1 heterocycles. The highest BCUT2D eigenvalue weighted by molar-refractivity contribution is 6.31. The Labute approximate surface area is 161 Å². The summed E-state index contributed by atoms with van der Waals surface area (Å²) in [5, 5.41) is 11.1. The first-order valence-electron chi connectivity index (χ1n) is 7.77. The zero-order valence-corrected chi connectivity index (χ0v) is 14.6. The number of carbonyl (C=O) groups is 2. The minimum Gasteiger partial charge on any atom is -0.478 e. The summed E-state index contributed by atoms with van der Waals surface area (Å²) in [6.07, 6.45) is -4.64. The number of aromatic carboxylic acids is 1. The van der Waals surface area contributed by atoms with Crippen LogP contribution in [-0.2, 0) is 6.18 Å². The molecule has 2 aromatic carbocycles. The summed E-state index contributed by atoms with van der Waals surface area (Å²) >= 11 is 5.59. The lowest BCUT2D eigenvalue weighted by Gasteiger charge is -2.10. The maximum Gasteiger partial charge on any atom is 0.417 e. The van der Waals surface area contributed by atoms with Gasteiger partial charge in [-0.1, -0.05) is 23.7 Å². The zero-order chi connectivity index (χ0) is 20.5. The fraction of sp³-hybridized carbons (Fsp3) is 0.0526. The molecule has 0 aliphatic heterocycles. The van der Waals surface area contributed by atoms with Crippen LogP contribution in [0.25, 0.3) is 11.3 Å². The monoisotopic (exact) mass is 409 g/mol. The first-order chi connectivity index (χ1) is 13.2. The van der Waals surface area contributed by atoms with Crippen molar-refractivity contribution in [3.05, 3.63) is 76.5 Å².